The van der Waals surface area contributed by atoms with E-state index in [9.17, 15) is 18.4 Å². The number of hydrogen-bond donors (Lipinski definition) is 1. The summed E-state index contributed by atoms with van der Waals surface area (Å²) < 4.78 is 27.4. The summed E-state index contributed by atoms with van der Waals surface area (Å²) in [6.07, 6.45) is 0.0920. The van der Waals surface area contributed by atoms with E-state index in [0.717, 1.165) is 28.9 Å². The van der Waals surface area contributed by atoms with Crippen LogP contribution in [0.25, 0.3) is 0 Å². The molecule has 1 fully saturated rings. The smallest absolute Gasteiger partial charge is 0.257 e. The highest BCUT2D eigenvalue weighted by molar-refractivity contribution is 5.99. The third-order valence-electron chi connectivity index (χ3n) is 4.45. The zero-order valence-corrected chi connectivity index (χ0v) is 14.0. The van der Waals surface area contributed by atoms with Gasteiger partial charge in [-0.15, -0.1) is 0 Å². The van der Waals surface area contributed by atoms with Crippen LogP contribution in [-0.2, 0) is 4.79 Å². The van der Waals surface area contributed by atoms with E-state index >= 15 is 0 Å². The maximum absolute atomic E-state index is 13.7. The van der Waals surface area contributed by atoms with Gasteiger partial charge < -0.3 is 10.2 Å². The molecule has 0 aromatic heterocycles. The lowest BCUT2D eigenvalue weighted by Crippen LogP contribution is -2.38. The van der Waals surface area contributed by atoms with Crippen molar-refractivity contribution in [2.24, 2.45) is 0 Å². The largest absolute Gasteiger partial charge is 0.347 e. The highest BCUT2D eigenvalue weighted by Gasteiger charge is 2.32. The van der Waals surface area contributed by atoms with Crippen LogP contribution in [0.2, 0.25) is 0 Å². The van der Waals surface area contributed by atoms with Gasteiger partial charge in [-0.2, -0.15) is 0 Å². The molecule has 1 atom stereocenters. The lowest BCUT2D eigenvalue weighted by atomic mass is 10.1. The molecule has 0 saturated carbocycles. The number of rotatable bonds is 3. The first-order valence-corrected chi connectivity index (χ1v) is 7.99. The highest BCUT2D eigenvalue weighted by Crippen LogP contribution is 2.24. The number of benzene rings is 2. The minimum absolute atomic E-state index is 0.0920. The van der Waals surface area contributed by atoms with Crippen LogP contribution in [0.4, 0.5) is 14.5 Å². The predicted octanol–water partition coefficient (Wildman–Crippen LogP) is 3.12. The lowest BCUT2D eigenvalue weighted by Gasteiger charge is -2.18. The van der Waals surface area contributed by atoms with Crippen LogP contribution in [-0.4, -0.2) is 24.4 Å². The molecule has 0 unspecified atom stereocenters. The van der Waals surface area contributed by atoms with Crippen LogP contribution < -0.4 is 10.2 Å². The van der Waals surface area contributed by atoms with Crippen molar-refractivity contribution in [1.29, 1.82) is 0 Å². The van der Waals surface area contributed by atoms with Crippen LogP contribution >= 0.6 is 0 Å². The van der Waals surface area contributed by atoms with Crippen LogP contribution in [0.1, 0.15) is 27.9 Å². The molecule has 130 valence electrons. The summed E-state index contributed by atoms with van der Waals surface area (Å²) in [5, 5.41) is 2.55. The Morgan fingerprint density at radius 2 is 1.80 bits per heavy atom. The van der Waals surface area contributed by atoms with Gasteiger partial charge in [-0.05, 0) is 49.2 Å². The van der Waals surface area contributed by atoms with Crippen molar-refractivity contribution in [3.8, 4) is 0 Å². The molecule has 4 nitrogen and oxygen atoms in total. The van der Waals surface area contributed by atoms with Gasteiger partial charge in [0.1, 0.15) is 17.2 Å². The fraction of sp³-hybridized carbons (Fsp3) is 0.263. The Bertz CT molecular complexity index is 831. The average molecular weight is 344 g/mol. The normalized spacial score (nSPS) is 17.0. The molecule has 2 amide bonds. The Kier molecular flexibility index (Phi) is 4.53. The zero-order chi connectivity index (χ0) is 18.1. The van der Waals surface area contributed by atoms with Crippen molar-refractivity contribution in [1.82, 2.24) is 5.32 Å². The molecule has 6 heteroatoms. The van der Waals surface area contributed by atoms with Crippen LogP contribution in [0.5, 0.6) is 0 Å². The summed E-state index contributed by atoms with van der Waals surface area (Å²) in [4.78, 5) is 26.0. The number of nitrogens with zero attached hydrogens (tertiary/aromatic N) is 1. The molecule has 1 aliphatic rings. The van der Waals surface area contributed by atoms with Crippen molar-refractivity contribution < 1.29 is 18.4 Å². The number of carbonyl (C=O) groups excluding carboxylic acids is 2. The Labute approximate surface area is 144 Å². The van der Waals surface area contributed by atoms with Gasteiger partial charge in [0.15, 0.2) is 0 Å². The van der Waals surface area contributed by atoms with Crippen LogP contribution in [0.15, 0.2) is 36.4 Å². The molecule has 0 radical (unpaired) electrons. The van der Waals surface area contributed by atoms with Crippen molar-refractivity contribution in [2.75, 3.05) is 11.4 Å². The van der Waals surface area contributed by atoms with E-state index in [1.54, 1.807) is 4.90 Å². The second-order valence-corrected chi connectivity index (χ2v) is 6.24. The number of anilines is 1. The van der Waals surface area contributed by atoms with E-state index in [2.05, 4.69) is 5.32 Å². The number of amides is 2. The molecular formula is C19H18F2N2O2. The Morgan fingerprint density at radius 3 is 2.44 bits per heavy atom. The van der Waals surface area contributed by atoms with Gasteiger partial charge in [0.05, 0.1) is 6.04 Å². The van der Waals surface area contributed by atoms with Crippen molar-refractivity contribution in [2.45, 2.75) is 26.3 Å². The predicted molar refractivity (Wildman–Crippen MR) is 90.5 cm³/mol. The number of nitrogens with one attached hydrogen (secondary N) is 1. The standard InChI is InChI=1S/C19H18F2N2O2/c1-11-6-7-14(8-12(11)2)23-10-13(9-17(23)24)22-19(25)18-15(20)4-3-5-16(18)21/h3-8,13H,9-10H2,1-2H3,(H,22,25)/t13-/m0/s1. The van der Waals surface area contributed by atoms with E-state index in [0.29, 0.717) is 0 Å². The minimum Gasteiger partial charge on any atom is -0.347 e. The molecule has 1 N–H and O–H groups in total. The van der Waals surface area contributed by atoms with Crippen molar-refractivity contribution in [3.05, 3.63) is 64.7 Å². The summed E-state index contributed by atoms with van der Waals surface area (Å²) in [6, 6.07) is 8.44. The first kappa shape index (κ1) is 17.1. The minimum atomic E-state index is -0.923. The van der Waals surface area contributed by atoms with Crippen LogP contribution in [0, 0.1) is 25.5 Å². The molecule has 1 saturated heterocycles. The van der Waals surface area contributed by atoms with Crippen LogP contribution in [0.3, 0.4) is 0 Å². The summed E-state index contributed by atoms with van der Waals surface area (Å²) in [5.74, 6) is -2.83. The molecule has 2 aromatic carbocycles. The van der Waals surface area contributed by atoms with Gasteiger partial charge in [-0.1, -0.05) is 12.1 Å². The second kappa shape index (κ2) is 6.63. The third kappa shape index (κ3) is 3.38. The van der Waals surface area contributed by atoms with Crippen molar-refractivity contribution in [3.63, 3.8) is 0 Å². The summed E-state index contributed by atoms with van der Waals surface area (Å²) in [6.45, 7) is 4.21. The average Bonchev–Trinajstić information content (AvgIpc) is 2.90. The maximum Gasteiger partial charge on any atom is 0.257 e. The first-order valence-electron chi connectivity index (χ1n) is 7.99. The zero-order valence-electron chi connectivity index (χ0n) is 14.0. The van der Waals surface area contributed by atoms with Gasteiger partial charge in [0.25, 0.3) is 5.91 Å². The Hall–Kier alpha value is -2.76. The van der Waals surface area contributed by atoms with Crippen molar-refractivity contribution >= 4 is 17.5 Å². The van der Waals surface area contributed by atoms with E-state index in [1.807, 2.05) is 32.0 Å². The molecule has 0 bridgehead atoms. The molecule has 0 aliphatic carbocycles. The molecule has 0 spiro atoms. The number of halogens is 2. The monoisotopic (exact) mass is 344 g/mol. The molecular weight excluding hydrogens is 326 g/mol. The molecule has 2 aromatic rings. The molecule has 1 heterocycles. The van der Waals surface area contributed by atoms with Gasteiger partial charge >= 0.3 is 0 Å². The third-order valence-corrected chi connectivity index (χ3v) is 4.45. The van der Waals surface area contributed by atoms with Gasteiger partial charge in [-0.25, -0.2) is 8.78 Å². The Balaban J connectivity index is 1.74. The lowest BCUT2D eigenvalue weighted by molar-refractivity contribution is -0.117. The van der Waals surface area contributed by atoms with Gasteiger partial charge in [0, 0.05) is 18.7 Å². The molecule has 3 rings (SSSR count). The van der Waals surface area contributed by atoms with Gasteiger partial charge in [0.2, 0.25) is 5.91 Å². The maximum atomic E-state index is 13.7. The molecule has 1 aliphatic heterocycles. The molecule has 25 heavy (non-hydrogen) atoms. The SMILES string of the molecule is Cc1ccc(N2C[C@@H](NC(=O)c3c(F)cccc3F)CC2=O)cc1C. The highest BCUT2D eigenvalue weighted by atomic mass is 19.1. The second-order valence-electron chi connectivity index (χ2n) is 6.24. The Morgan fingerprint density at radius 1 is 1.12 bits per heavy atom. The summed E-state index contributed by atoms with van der Waals surface area (Å²) >= 11 is 0. The first-order chi connectivity index (χ1) is 11.9. The topological polar surface area (TPSA) is 49.4 Å². The van der Waals surface area contributed by atoms with E-state index < -0.39 is 29.1 Å². The quantitative estimate of drug-likeness (QED) is 0.930. The van der Waals surface area contributed by atoms with E-state index in [-0.39, 0.29) is 18.9 Å². The van der Waals surface area contributed by atoms with E-state index in [4.69, 9.17) is 0 Å². The van der Waals surface area contributed by atoms with Gasteiger partial charge in [-0.3, -0.25) is 9.59 Å². The fourth-order valence-electron chi connectivity index (χ4n) is 2.92. The number of aryl methyl sites for hydroxylation is 2. The summed E-state index contributed by atoms with van der Waals surface area (Å²) in [7, 11) is 0. The summed E-state index contributed by atoms with van der Waals surface area (Å²) in [5.41, 5.74) is 2.31. The van der Waals surface area contributed by atoms with E-state index in [1.165, 1.54) is 6.07 Å². The number of hydrogen-bond acceptors (Lipinski definition) is 2. The number of carbonyl (C=O) groups is 2. The fourth-order valence-corrected chi connectivity index (χ4v) is 2.92.